The van der Waals surface area contributed by atoms with Crippen LogP contribution in [0.15, 0.2) is 43.0 Å². The van der Waals surface area contributed by atoms with Crippen LogP contribution in [0.1, 0.15) is 29.3 Å². The van der Waals surface area contributed by atoms with Crippen LogP contribution < -0.4 is 11.5 Å². The normalized spacial score (nSPS) is 24.4. The van der Waals surface area contributed by atoms with E-state index in [9.17, 15) is 9.90 Å². The standard InChI is InChI=1S/C20H22N4O2/c1-2-18(26)24-10-12-7-14(12)19(24)16-9-11(20(22)23-16)8-15(21)13-5-3-4-6-17(13)25/h2-6,8-9,12,14,19,23,25H,1,7,10,21-22H2/b15-8-/t12?,14-,19?/m0/s1. The third kappa shape index (κ3) is 2.63. The molecule has 6 heteroatoms. The largest absolute Gasteiger partial charge is 0.507 e. The van der Waals surface area contributed by atoms with Crippen molar-refractivity contribution in [1.29, 1.82) is 0 Å². The molecule has 6 N–H and O–H groups in total. The summed E-state index contributed by atoms with van der Waals surface area (Å²) in [4.78, 5) is 17.2. The number of H-pyrrole nitrogens is 1. The number of fused-ring (bicyclic) bond motifs is 1. The number of piperidine rings is 1. The van der Waals surface area contributed by atoms with Gasteiger partial charge in [-0.2, -0.15) is 0 Å². The van der Waals surface area contributed by atoms with Crippen molar-refractivity contribution < 1.29 is 9.90 Å². The van der Waals surface area contributed by atoms with Gasteiger partial charge in [0.15, 0.2) is 0 Å². The molecular weight excluding hydrogens is 328 g/mol. The molecule has 1 saturated heterocycles. The second kappa shape index (κ2) is 5.98. The highest BCUT2D eigenvalue weighted by atomic mass is 16.3. The fourth-order valence-corrected chi connectivity index (χ4v) is 3.96. The molecule has 2 heterocycles. The Morgan fingerprint density at radius 1 is 1.38 bits per heavy atom. The Morgan fingerprint density at radius 3 is 2.88 bits per heavy atom. The van der Waals surface area contributed by atoms with Gasteiger partial charge in [-0.3, -0.25) is 4.79 Å². The quantitative estimate of drug-likeness (QED) is 0.635. The summed E-state index contributed by atoms with van der Waals surface area (Å²) in [7, 11) is 0. The summed E-state index contributed by atoms with van der Waals surface area (Å²) in [6.07, 6.45) is 4.24. The number of carbonyl (C=O) groups excluding carboxylic acids is 1. The van der Waals surface area contributed by atoms with Crippen molar-refractivity contribution in [2.75, 3.05) is 12.3 Å². The molecule has 134 valence electrons. The van der Waals surface area contributed by atoms with Crippen LogP contribution in [0.25, 0.3) is 11.8 Å². The molecule has 2 unspecified atom stereocenters. The number of hydrogen-bond donors (Lipinski definition) is 4. The van der Waals surface area contributed by atoms with Crippen molar-refractivity contribution in [3.63, 3.8) is 0 Å². The average molecular weight is 350 g/mol. The Hall–Kier alpha value is -3.15. The maximum absolute atomic E-state index is 12.2. The molecule has 0 radical (unpaired) electrons. The number of phenols is 1. The summed E-state index contributed by atoms with van der Waals surface area (Å²) in [6.45, 7) is 4.37. The van der Waals surface area contributed by atoms with Gasteiger partial charge in [0.1, 0.15) is 11.6 Å². The minimum atomic E-state index is -0.0545. The van der Waals surface area contributed by atoms with Crippen LogP contribution in [0.5, 0.6) is 5.75 Å². The van der Waals surface area contributed by atoms with Crippen molar-refractivity contribution in [1.82, 2.24) is 9.88 Å². The molecule has 1 aromatic heterocycles. The SMILES string of the molecule is C=CC(=O)N1CC2C[C@@H]2C1c1cc(/C=C(\N)c2ccccc2O)c(N)[nH]1. The molecule has 2 aromatic rings. The number of para-hydroxylation sites is 1. The second-order valence-electron chi connectivity index (χ2n) is 7.01. The highest BCUT2D eigenvalue weighted by Gasteiger charge is 2.54. The van der Waals surface area contributed by atoms with Crippen LogP contribution >= 0.6 is 0 Å². The van der Waals surface area contributed by atoms with Crippen LogP contribution in [0.4, 0.5) is 5.82 Å². The average Bonchev–Trinajstić information content (AvgIpc) is 3.15. The summed E-state index contributed by atoms with van der Waals surface area (Å²) in [6, 6.07) is 8.84. The number of phenolic OH excluding ortho intramolecular Hbond substituents is 1. The first-order chi connectivity index (χ1) is 12.5. The molecule has 2 aliphatic rings. The van der Waals surface area contributed by atoms with Crippen LogP contribution in [0.3, 0.4) is 0 Å². The number of aromatic nitrogens is 1. The monoisotopic (exact) mass is 350 g/mol. The van der Waals surface area contributed by atoms with Gasteiger partial charge in [-0.05, 0) is 48.6 Å². The van der Waals surface area contributed by atoms with Gasteiger partial charge in [-0.15, -0.1) is 0 Å². The lowest BCUT2D eigenvalue weighted by Crippen LogP contribution is -2.31. The number of hydrogen-bond acceptors (Lipinski definition) is 4. The molecule has 0 bridgehead atoms. The number of nitrogens with one attached hydrogen (secondary N) is 1. The zero-order chi connectivity index (χ0) is 18.4. The summed E-state index contributed by atoms with van der Waals surface area (Å²) in [5, 5.41) is 9.96. The lowest BCUT2D eigenvalue weighted by molar-refractivity contribution is -0.127. The third-order valence-electron chi connectivity index (χ3n) is 5.35. The minimum Gasteiger partial charge on any atom is -0.507 e. The number of amides is 1. The van der Waals surface area contributed by atoms with Gasteiger partial charge >= 0.3 is 0 Å². The number of nitrogens with two attached hydrogens (primary N) is 2. The lowest BCUT2D eigenvalue weighted by Gasteiger charge is -2.25. The van der Waals surface area contributed by atoms with E-state index in [1.54, 1.807) is 24.3 Å². The Labute approximate surface area is 151 Å². The van der Waals surface area contributed by atoms with E-state index in [1.165, 1.54) is 6.08 Å². The number of benzene rings is 1. The van der Waals surface area contributed by atoms with Crippen LogP contribution in [-0.2, 0) is 4.79 Å². The van der Waals surface area contributed by atoms with E-state index < -0.39 is 0 Å². The first kappa shape index (κ1) is 16.3. The number of aromatic hydroxyl groups is 1. The van der Waals surface area contributed by atoms with Gasteiger partial charge in [0.25, 0.3) is 0 Å². The van der Waals surface area contributed by atoms with Gasteiger partial charge in [0.2, 0.25) is 5.91 Å². The van der Waals surface area contributed by atoms with Crippen LogP contribution in [-0.4, -0.2) is 27.4 Å². The van der Waals surface area contributed by atoms with Gasteiger partial charge in [-0.25, -0.2) is 0 Å². The molecule has 1 amide bonds. The lowest BCUT2D eigenvalue weighted by atomic mass is 10.1. The zero-order valence-electron chi connectivity index (χ0n) is 14.4. The molecule has 4 rings (SSSR count). The fourth-order valence-electron chi connectivity index (χ4n) is 3.96. The van der Waals surface area contributed by atoms with E-state index >= 15 is 0 Å². The number of nitrogen functional groups attached to an aromatic ring is 1. The van der Waals surface area contributed by atoms with E-state index in [0.29, 0.717) is 28.9 Å². The van der Waals surface area contributed by atoms with Crippen molar-refractivity contribution >= 4 is 23.5 Å². The smallest absolute Gasteiger partial charge is 0.246 e. The molecule has 1 aromatic carbocycles. The van der Waals surface area contributed by atoms with E-state index in [1.807, 2.05) is 17.0 Å². The number of anilines is 1. The summed E-state index contributed by atoms with van der Waals surface area (Å²) in [5.74, 6) is 1.60. The molecule has 26 heavy (non-hydrogen) atoms. The highest BCUT2D eigenvalue weighted by Crippen LogP contribution is 2.56. The van der Waals surface area contributed by atoms with Gasteiger partial charge in [-0.1, -0.05) is 18.7 Å². The second-order valence-corrected chi connectivity index (χ2v) is 7.01. The zero-order valence-corrected chi connectivity index (χ0v) is 14.4. The molecule has 0 spiro atoms. The number of nitrogens with zero attached hydrogens (tertiary/aromatic N) is 1. The molecular formula is C20H22N4O2. The molecule has 1 aliphatic carbocycles. The predicted molar refractivity (Wildman–Crippen MR) is 102 cm³/mol. The van der Waals surface area contributed by atoms with Gasteiger partial charge in [0, 0.05) is 29.1 Å². The maximum Gasteiger partial charge on any atom is 0.246 e. The van der Waals surface area contributed by atoms with Crippen molar-refractivity contribution in [2.24, 2.45) is 17.6 Å². The van der Waals surface area contributed by atoms with Crippen molar-refractivity contribution in [3.8, 4) is 5.75 Å². The Bertz CT molecular complexity index is 914. The number of carbonyl (C=O) groups is 1. The molecule has 1 aliphatic heterocycles. The van der Waals surface area contributed by atoms with E-state index in [0.717, 1.165) is 24.2 Å². The minimum absolute atomic E-state index is 0.00121. The van der Waals surface area contributed by atoms with E-state index in [-0.39, 0.29) is 17.7 Å². The summed E-state index contributed by atoms with van der Waals surface area (Å²) in [5.41, 5.74) is 14.9. The fraction of sp³-hybridized carbons (Fsp3) is 0.250. The van der Waals surface area contributed by atoms with Gasteiger partial charge in [0.05, 0.1) is 6.04 Å². The number of rotatable bonds is 4. The first-order valence-electron chi connectivity index (χ1n) is 8.66. The molecule has 2 fully saturated rings. The number of likely N-dealkylation sites (tertiary alicyclic amines) is 1. The first-order valence-corrected chi connectivity index (χ1v) is 8.66. The summed E-state index contributed by atoms with van der Waals surface area (Å²) >= 11 is 0. The summed E-state index contributed by atoms with van der Waals surface area (Å²) < 4.78 is 0. The maximum atomic E-state index is 12.2. The van der Waals surface area contributed by atoms with Crippen LogP contribution in [0.2, 0.25) is 0 Å². The molecule has 3 atom stereocenters. The third-order valence-corrected chi connectivity index (χ3v) is 5.35. The Morgan fingerprint density at radius 2 is 2.15 bits per heavy atom. The molecule has 1 saturated carbocycles. The number of aromatic amines is 1. The Kier molecular flexibility index (Phi) is 3.76. The predicted octanol–water partition coefficient (Wildman–Crippen LogP) is 2.46. The van der Waals surface area contributed by atoms with Gasteiger partial charge < -0.3 is 26.5 Å². The highest BCUT2D eigenvalue weighted by molar-refractivity contribution is 5.88. The Balaban J connectivity index is 1.66. The van der Waals surface area contributed by atoms with Crippen LogP contribution in [0, 0.1) is 11.8 Å². The topological polar surface area (TPSA) is 108 Å². The van der Waals surface area contributed by atoms with E-state index in [4.69, 9.17) is 11.5 Å². The van der Waals surface area contributed by atoms with Crippen molar-refractivity contribution in [3.05, 3.63) is 59.8 Å². The molecule has 6 nitrogen and oxygen atoms in total. The van der Waals surface area contributed by atoms with E-state index in [2.05, 4.69) is 11.6 Å². The van der Waals surface area contributed by atoms with Crippen molar-refractivity contribution in [2.45, 2.75) is 12.5 Å².